The van der Waals surface area contributed by atoms with E-state index >= 15 is 0 Å². The molecule has 0 aliphatic carbocycles. The van der Waals surface area contributed by atoms with Gasteiger partial charge in [-0.05, 0) is 63.0 Å². The quantitative estimate of drug-likeness (QED) is 0.635. The van der Waals surface area contributed by atoms with Crippen LogP contribution in [0.15, 0.2) is 47.0 Å². The maximum absolute atomic E-state index is 12.5. The smallest absolute Gasteiger partial charge is 0.238 e. The van der Waals surface area contributed by atoms with Gasteiger partial charge < -0.3 is 9.84 Å². The number of halogens is 1. The zero-order chi connectivity index (χ0) is 21.1. The predicted octanol–water partition coefficient (Wildman–Crippen LogP) is 4.82. The molecule has 1 N–H and O–H groups in total. The standard InChI is InChI=1S/C23H25ClN4O2/c1-15-5-3-4-6-19(15)22-26-23(30-27-22)17-9-11-28(12-10-17)14-21(29)25-20-13-18(24)8-7-16(20)2/h3-8,13,17H,9-12,14H2,1-2H3,(H,25,29). The number of aryl methyl sites for hydroxylation is 2. The topological polar surface area (TPSA) is 71.3 Å². The summed E-state index contributed by atoms with van der Waals surface area (Å²) in [6, 6.07) is 13.5. The molecule has 2 heterocycles. The van der Waals surface area contributed by atoms with E-state index < -0.39 is 0 Å². The van der Waals surface area contributed by atoms with E-state index in [1.807, 2.05) is 50.2 Å². The van der Waals surface area contributed by atoms with Crippen LogP contribution in [0.25, 0.3) is 11.4 Å². The van der Waals surface area contributed by atoms with E-state index in [1.54, 1.807) is 6.07 Å². The Morgan fingerprint density at radius 3 is 2.70 bits per heavy atom. The van der Waals surface area contributed by atoms with Crippen LogP contribution >= 0.6 is 11.6 Å². The highest BCUT2D eigenvalue weighted by Crippen LogP contribution is 2.29. The van der Waals surface area contributed by atoms with Crippen molar-refractivity contribution in [1.82, 2.24) is 15.0 Å². The molecule has 0 atom stereocenters. The van der Waals surface area contributed by atoms with Crippen LogP contribution in [0.4, 0.5) is 5.69 Å². The average molecular weight is 425 g/mol. The molecule has 1 aromatic heterocycles. The molecule has 1 aliphatic heterocycles. The second-order valence-corrected chi connectivity index (χ2v) is 8.27. The first-order valence-electron chi connectivity index (χ1n) is 10.2. The predicted molar refractivity (Wildman–Crippen MR) is 118 cm³/mol. The first kappa shape index (κ1) is 20.6. The average Bonchev–Trinajstić information content (AvgIpc) is 3.21. The molecule has 0 spiro atoms. The van der Waals surface area contributed by atoms with Crippen LogP contribution in [-0.2, 0) is 4.79 Å². The van der Waals surface area contributed by atoms with Crippen molar-refractivity contribution in [2.45, 2.75) is 32.6 Å². The van der Waals surface area contributed by atoms with Gasteiger partial charge in [0.2, 0.25) is 17.6 Å². The summed E-state index contributed by atoms with van der Waals surface area (Å²) in [4.78, 5) is 19.2. The number of rotatable bonds is 5. The molecule has 0 radical (unpaired) electrons. The Labute approximate surface area is 181 Å². The molecule has 6 nitrogen and oxygen atoms in total. The molecule has 0 bridgehead atoms. The number of likely N-dealkylation sites (tertiary alicyclic amines) is 1. The van der Waals surface area contributed by atoms with Gasteiger partial charge in [-0.1, -0.05) is 47.1 Å². The van der Waals surface area contributed by atoms with Crippen molar-refractivity contribution in [3.63, 3.8) is 0 Å². The number of hydrogen-bond donors (Lipinski definition) is 1. The summed E-state index contributed by atoms with van der Waals surface area (Å²) in [5, 5.41) is 7.75. The van der Waals surface area contributed by atoms with Crippen LogP contribution in [0, 0.1) is 13.8 Å². The maximum Gasteiger partial charge on any atom is 0.238 e. The van der Waals surface area contributed by atoms with Crippen molar-refractivity contribution < 1.29 is 9.32 Å². The third kappa shape index (κ3) is 4.71. The Kier molecular flexibility index (Phi) is 6.16. The summed E-state index contributed by atoms with van der Waals surface area (Å²) in [5.41, 5.74) is 3.88. The maximum atomic E-state index is 12.5. The second-order valence-electron chi connectivity index (χ2n) is 7.83. The molecule has 1 aliphatic rings. The lowest BCUT2D eigenvalue weighted by atomic mass is 9.96. The van der Waals surface area contributed by atoms with Crippen molar-refractivity contribution in [2.24, 2.45) is 0 Å². The SMILES string of the molecule is Cc1ccc(Cl)cc1NC(=O)CN1CCC(c2nc(-c3ccccc3C)no2)CC1. The van der Waals surface area contributed by atoms with Crippen LogP contribution in [0.3, 0.4) is 0 Å². The van der Waals surface area contributed by atoms with Gasteiger partial charge in [-0.15, -0.1) is 0 Å². The number of piperidine rings is 1. The van der Waals surface area contributed by atoms with E-state index in [2.05, 4.69) is 20.4 Å². The molecule has 7 heteroatoms. The Morgan fingerprint density at radius 2 is 1.93 bits per heavy atom. The van der Waals surface area contributed by atoms with Gasteiger partial charge in [-0.3, -0.25) is 9.69 Å². The van der Waals surface area contributed by atoms with Crippen molar-refractivity contribution in [3.8, 4) is 11.4 Å². The van der Waals surface area contributed by atoms with Crippen molar-refractivity contribution in [1.29, 1.82) is 0 Å². The van der Waals surface area contributed by atoms with E-state index in [0.717, 1.165) is 48.3 Å². The van der Waals surface area contributed by atoms with Gasteiger partial charge in [-0.25, -0.2) is 0 Å². The first-order chi connectivity index (χ1) is 14.5. The highest BCUT2D eigenvalue weighted by Gasteiger charge is 2.26. The third-order valence-electron chi connectivity index (χ3n) is 5.61. The van der Waals surface area contributed by atoms with E-state index in [1.165, 1.54) is 0 Å². The number of carbonyl (C=O) groups is 1. The van der Waals surface area contributed by atoms with Gasteiger partial charge in [0.05, 0.1) is 6.54 Å². The zero-order valence-corrected chi connectivity index (χ0v) is 17.9. The lowest BCUT2D eigenvalue weighted by Crippen LogP contribution is -2.38. The number of nitrogens with zero attached hydrogens (tertiary/aromatic N) is 3. The van der Waals surface area contributed by atoms with E-state index in [-0.39, 0.29) is 11.8 Å². The fraction of sp³-hybridized carbons (Fsp3) is 0.348. The largest absolute Gasteiger partial charge is 0.339 e. The van der Waals surface area contributed by atoms with Gasteiger partial charge in [0.1, 0.15) is 0 Å². The van der Waals surface area contributed by atoms with E-state index in [0.29, 0.717) is 23.3 Å². The number of hydrogen-bond acceptors (Lipinski definition) is 5. The van der Waals surface area contributed by atoms with Crippen LogP contribution < -0.4 is 5.32 Å². The third-order valence-corrected chi connectivity index (χ3v) is 5.84. The van der Waals surface area contributed by atoms with Crippen LogP contribution in [0.1, 0.15) is 35.8 Å². The number of carbonyl (C=O) groups excluding carboxylic acids is 1. The molecule has 1 fully saturated rings. The normalized spacial score (nSPS) is 15.3. The Bertz CT molecular complexity index is 1040. The molecular formula is C23H25ClN4O2. The summed E-state index contributed by atoms with van der Waals surface area (Å²) in [5.74, 6) is 1.52. The van der Waals surface area contributed by atoms with E-state index in [9.17, 15) is 4.79 Å². The fourth-order valence-corrected chi connectivity index (χ4v) is 3.97. The summed E-state index contributed by atoms with van der Waals surface area (Å²) >= 11 is 6.03. The van der Waals surface area contributed by atoms with Gasteiger partial charge in [0.25, 0.3) is 0 Å². The molecule has 0 saturated carbocycles. The van der Waals surface area contributed by atoms with Crippen LogP contribution in [-0.4, -0.2) is 40.6 Å². The van der Waals surface area contributed by atoms with Gasteiger partial charge in [0.15, 0.2) is 0 Å². The number of amides is 1. The summed E-state index contributed by atoms with van der Waals surface area (Å²) in [6.07, 6.45) is 1.78. The molecule has 0 unspecified atom stereocenters. The molecular weight excluding hydrogens is 400 g/mol. The highest BCUT2D eigenvalue weighted by molar-refractivity contribution is 6.31. The minimum atomic E-state index is -0.0292. The second kappa shape index (κ2) is 8.98. The van der Waals surface area contributed by atoms with Gasteiger partial charge in [0, 0.05) is 22.2 Å². The highest BCUT2D eigenvalue weighted by atomic mass is 35.5. The molecule has 1 amide bonds. The Hall–Kier alpha value is -2.70. The van der Waals surface area contributed by atoms with Gasteiger partial charge in [-0.2, -0.15) is 4.98 Å². The molecule has 2 aromatic carbocycles. The Morgan fingerprint density at radius 1 is 1.17 bits per heavy atom. The molecule has 156 valence electrons. The van der Waals surface area contributed by atoms with E-state index in [4.69, 9.17) is 16.1 Å². The molecule has 4 rings (SSSR count). The summed E-state index contributed by atoms with van der Waals surface area (Å²) in [7, 11) is 0. The minimum Gasteiger partial charge on any atom is -0.339 e. The van der Waals surface area contributed by atoms with Gasteiger partial charge >= 0.3 is 0 Å². The monoisotopic (exact) mass is 424 g/mol. The zero-order valence-electron chi connectivity index (χ0n) is 17.2. The Balaban J connectivity index is 1.31. The van der Waals surface area contributed by atoms with Crippen molar-refractivity contribution in [2.75, 3.05) is 25.0 Å². The van der Waals surface area contributed by atoms with Crippen LogP contribution in [0.2, 0.25) is 5.02 Å². The van der Waals surface area contributed by atoms with Crippen molar-refractivity contribution in [3.05, 3.63) is 64.5 Å². The first-order valence-corrected chi connectivity index (χ1v) is 10.6. The van der Waals surface area contributed by atoms with Crippen LogP contribution in [0.5, 0.6) is 0 Å². The number of anilines is 1. The fourth-order valence-electron chi connectivity index (χ4n) is 3.79. The molecule has 3 aromatic rings. The minimum absolute atomic E-state index is 0.0292. The number of benzene rings is 2. The molecule has 1 saturated heterocycles. The lowest BCUT2D eigenvalue weighted by Gasteiger charge is -2.29. The number of nitrogens with one attached hydrogen (secondary N) is 1. The molecule has 30 heavy (non-hydrogen) atoms. The van der Waals surface area contributed by atoms with Crippen molar-refractivity contribution >= 4 is 23.2 Å². The lowest BCUT2D eigenvalue weighted by molar-refractivity contribution is -0.117. The number of aromatic nitrogens is 2. The summed E-state index contributed by atoms with van der Waals surface area (Å²) < 4.78 is 5.56. The summed E-state index contributed by atoms with van der Waals surface area (Å²) in [6.45, 7) is 5.98.